The van der Waals surface area contributed by atoms with Crippen LogP contribution in [-0.2, 0) is 0 Å². The van der Waals surface area contributed by atoms with Gasteiger partial charge in [-0.15, -0.1) is 0 Å². The minimum absolute atomic E-state index is 0.0925. The second kappa shape index (κ2) is 4.18. The fraction of sp³-hybridized carbons (Fsp3) is 0.133. The highest BCUT2D eigenvalue weighted by molar-refractivity contribution is 5.99. The van der Waals surface area contributed by atoms with Crippen LogP contribution in [0.5, 0.6) is 11.5 Å². The van der Waals surface area contributed by atoms with E-state index < -0.39 is 0 Å². The summed E-state index contributed by atoms with van der Waals surface area (Å²) < 4.78 is 5.83. The number of carbonyl (C=O) groups excluding carboxylic acids is 1. The van der Waals surface area contributed by atoms with Crippen molar-refractivity contribution in [1.82, 2.24) is 0 Å². The SMILES string of the molecule is O=C1C[C@H](c2ccc(O)cc2)Oc2ccccc21. The summed E-state index contributed by atoms with van der Waals surface area (Å²) in [4.78, 5) is 12.0. The minimum atomic E-state index is -0.270. The fourth-order valence-corrected chi connectivity index (χ4v) is 2.15. The van der Waals surface area contributed by atoms with Crippen LogP contribution in [0.1, 0.15) is 28.4 Å². The Hall–Kier alpha value is -2.29. The first kappa shape index (κ1) is 10.8. The molecule has 0 spiro atoms. The van der Waals surface area contributed by atoms with Crippen LogP contribution in [0.25, 0.3) is 0 Å². The van der Waals surface area contributed by atoms with Gasteiger partial charge in [-0.25, -0.2) is 0 Å². The monoisotopic (exact) mass is 240 g/mol. The molecule has 0 unspecified atom stereocenters. The molecule has 1 heterocycles. The first-order valence-electron chi connectivity index (χ1n) is 5.82. The first-order valence-corrected chi connectivity index (χ1v) is 5.82. The third kappa shape index (κ3) is 1.84. The van der Waals surface area contributed by atoms with E-state index in [9.17, 15) is 9.90 Å². The van der Waals surface area contributed by atoms with Crippen LogP contribution >= 0.6 is 0 Å². The Labute approximate surface area is 105 Å². The molecule has 0 aromatic heterocycles. The van der Waals surface area contributed by atoms with Gasteiger partial charge in [-0.2, -0.15) is 0 Å². The molecule has 3 nitrogen and oxygen atoms in total. The molecule has 0 saturated carbocycles. The van der Waals surface area contributed by atoms with Crippen LogP contribution in [0.2, 0.25) is 0 Å². The predicted molar refractivity (Wildman–Crippen MR) is 66.9 cm³/mol. The molecule has 1 aliphatic heterocycles. The molecule has 18 heavy (non-hydrogen) atoms. The third-order valence-electron chi connectivity index (χ3n) is 3.09. The molecule has 1 N–H and O–H groups in total. The van der Waals surface area contributed by atoms with E-state index in [4.69, 9.17) is 4.74 Å². The number of carbonyl (C=O) groups is 1. The Morgan fingerprint density at radius 2 is 1.78 bits per heavy atom. The number of ether oxygens (including phenoxy) is 1. The zero-order valence-corrected chi connectivity index (χ0v) is 9.67. The van der Waals surface area contributed by atoms with E-state index in [1.54, 1.807) is 36.4 Å². The number of hydrogen-bond acceptors (Lipinski definition) is 3. The van der Waals surface area contributed by atoms with Crippen molar-refractivity contribution < 1.29 is 14.6 Å². The topological polar surface area (TPSA) is 46.5 Å². The minimum Gasteiger partial charge on any atom is -0.508 e. The van der Waals surface area contributed by atoms with Crippen LogP contribution < -0.4 is 4.74 Å². The summed E-state index contributed by atoms with van der Waals surface area (Å²) in [5.41, 5.74) is 1.54. The van der Waals surface area contributed by atoms with Crippen molar-refractivity contribution >= 4 is 5.78 Å². The molecule has 1 atom stereocenters. The summed E-state index contributed by atoms with van der Waals surface area (Å²) in [7, 11) is 0. The lowest BCUT2D eigenvalue weighted by Gasteiger charge is -2.25. The molecular formula is C15H12O3. The third-order valence-corrected chi connectivity index (χ3v) is 3.09. The van der Waals surface area contributed by atoms with Gasteiger partial charge in [0.15, 0.2) is 5.78 Å². The highest BCUT2D eigenvalue weighted by Gasteiger charge is 2.26. The highest BCUT2D eigenvalue weighted by atomic mass is 16.5. The number of fused-ring (bicyclic) bond motifs is 1. The normalized spacial score (nSPS) is 18.0. The van der Waals surface area contributed by atoms with Gasteiger partial charge in [-0.3, -0.25) is 4.79 Å². The summed E-state index contributed by atoms with van der Waals surface area (Å²) in [6, 6.07) is 14.0. The van der Waals surface area contributed by atoms with Crippen molar-refractivity contribution in [2.75, 3.05) is 0 Å². The van der Waals surface area contributed by atoms with Gasteiger partial charge in [0.2, 0.25) is 0 Å². The smallest absolute Gasteiger partial charge is 0.170 e. The van der Waals surface area contributed by atoms with Gasteiger partial charge < -0.3 is 9.84 Å². The van der Waals surface area contributed by atoms with Crippen LogP contribution in [0.4, 0.5) is 0 Å². The van der Waals surface area contributed by atoms with E-state index >= 15 is 0 Å². The van der Waals surface area contributed by atoms with E-state index in [-0.39, 0.29) is 17.6 Å². The Morgan fingerprint density at radius 1 is 1.06 bits per heavy atom. The van der Waals surface area contributed by atoms with Crippen LogP contribution in [-0.4, -0.2) is 10.9 Å². The molecule has 3 heteroatoms. The van der Waals surface area contributed by atoms with E-state index in [2.05, 4.69) is 0 Å². The van der Waals surface area contributed by atoms with E-state index in [1.807, 2.05) is 12.1 Å². The van der Waals surface area contributed by atoms with Crippen molar-refractivity contribution in [2.24, 2.45) is 0 Å². The molecule has 2 aromatic carbocycles. The average Bonchev–Trinajstić information content (AvgIpc) is 2.39. The molecule has 2 aromatic rings. The number of aromatic hydroxyl groups is 1. The summed E-state index contributed by atoms with van der Waals surface area (Å²) in [6.45, 7) is 0. The highest BCUT2D eigenvalue weighted by Crippen LogP contribution is 2.34. The number of hydrogen-bond donors (Lipinski definition) is 1. The maximum Gasteiger partial charge on any atom is 0.170 e. The van der Waals surface area contributed by atoms with Gasteiger partial charge in [0, 0.05) is 0 Å². The average molecular weight is 240 g/mol. The van der Waals surface area contributed by atoms with Crippen molar-refractivity contribution in [3.8, 4) is 11.5 Å². The molecule has 0 saturated heterocycles. The molecule has 90 valence electrons. The maximum absolute atomic E-state index is 12.0. The zero-order chi connectivity index (χ0) is 12.5. The number of para-hydroxylation sites is 1. The van der Waals surface area contributed by atoms with E-state index in [0.717, 1.165) is 5.56 Å². The number of phenolic OH excluding ortho intramolecular Hbond substituents is 1. The van der Waals surface area contributed by atoms with Gasteiger partial charge in [0.05, 0.1) is 12.0 Å². The molecule has 0 aliphatic carbocycles. The molecule has 0 radical (unpaired) electrons. The molecule has 0 amide bonds. The van der Waals surface area contributed by atoms with Gasteiger partial charge >= 0.3 is 0 Å². The van der Waals surface area contributed by atoms with E-state index in [1.165, 1.54) is 0 Å². The van der Waals surface area contributed by atoms with Crippen LogP contribution in [0.3, 0.4) is 0 Å². The first-order chi connectivity index (χ1) is 8.74. The largest absolute Gasteiger partial charge is 0.508 e. The summed E-state index contributed by atoms with van der Waals surface area (Å²) in [5.74, 6) is 0.933. The Morgan fingerprint density at radius 3 is 2.56 bits per heavy atom. The number of rotatable bonds is 1. The molecule has 0 fully saturated rings. The van der Waals surface area contributed by atoms with Gasteiger partial charge in [0.25, 0.3) is 0 Å². The Bertz CT molecular complexity index is 587. The lowest BCUT2D eigenvalue weighted by Crippen LogP contribution is -2.20. The fourth-order valence-electron chi connectivity index (χ4n) is 2.15. The number of Topliss-reactive ketones (excluding diaryl/α,β-unsaturated/α-hetero) is 1. The quantitative estimate of drug-likeness (QED) is 0.833. The maximum atomic E-state index is 12.0. The van der Waals surface area contributed by atoms with Crippen LogP contribution in [0.15, 0.2) is 48.5 Å². The molecular weight excluding hydrogens is 228 g/mol. The second-order valence-electron chi connectivity index (χ2n) is 4.32. The molecule has 0 bridgehead atoms. The van der Waals surface area contributed by atoms with E-state index in [0.29, 0.717) is 17.7 Å². The zero-order valence-electron chi connectivity index (χ0n) is 9.67. The number of ketones is 1. The predicted octanol–water partition coefficient (Wildman–Crippen LogP) is 3.10. The summed E-state index contributed by atoms with van der Waals surface area (Å²) in [5, 5.41) is 9.26. The lowest BCUT2D eigenvalue weighted by atomic mass is 9.96. The van der Waals surface area contributed by atoms with Gasteiger partial charge in [0.1, 0.15) is 17.6 Å². The Kier molecular flexibility index (Phi) is 2.52. The number of phenols is 1. The van der Waals surface area contributed by atoms with Gasteiger partial charge in [-0.05, 0) is 29.8 Å². The summed E-state index contributed by atoms with van der Waals surface area (Å²) >= 11 is 0. The summed E-state index contributed by atoms with van der Waals surface area (Å²) in [6.07, 6.45) is 0.0647. The second-order valence-corrected chi connectivity index (χ2v) is 4.32. The number of benzene rings is 2. The van der Waals surface area contributed by atoms with Crippen molar-refractivity contribution in [3.05, 3.63) is 59.7 Å². The lowest BCUT2D eigenvalue weighted by molar-refractivity contribution is 0.0850. The molecule has 1 aliphatic rings. The van der Waals surface area contributed by atoms with Crippen molar-refractivity contribution in [3.63, 3.8) is 0 Å². The van der Waals surface area contributed by atoms with Gasteiger partial charge in [-0.1, -0.05) is 24.3 Å². The Balaban J connectivity index is 1.94. The van der Waals surface area contributed by atoms with Crippen LogP contribution in [0, 0.1) is 0 Å². The van der Waals surface area contributed by atoms with Crippen molar-refractivity contribution in [2.45, 2.75) is 12.5 Å². The standard InChI is InChI=1S/C15H12O3/c16-11-7-5-10(6-8-11)15-9-13(17)12-3-1-2-4-14(12)18-15/h1-8,15-16H,9H2/t15-/m1/s1. The van der Waals surface area contributed by atoms with Crippen molar-refractivity contribution in [1.29, 1.82) is 0 Å². The molecule has 3 rings (SSSR count).